The Hall–Kier alpha value is -3.77. The molecular formula is C21H26FN9O6S2. The molecule has 3 aliphatic heterocycles. The third-order valence-electron chi connectivity index (χ3n) is 6.55. The summed E-state index contributed by atoms with van der Waals surface area (Å²) in [4.78, 5) is 60.0. The summed E-state index contributed by atoms with van der Waals surface area (Å²) >= 11 is 2.04. The molecule has 0 unspecified atom stereocenters. The van der Waals surface area contributed by atoms with Crippen molar-refractivity contribution < 1.29 is 38.0 Å². The van der Waals surface area contributed by atoms with Gasteiger partial charge in [0.1, 0.15) is 11.4 Å². The van der Waals surface area contributed by atoms with Crippen molar-refractivity contribution in [2.75, 3.05) is 58.1 Å². The predicted molar refractivity (Wildman–Crippen MR) is 136 cm³/mol. The zero-order valence-electron chi connectivity index (χ0n) is 20.7. The Morgan fingerprint density at radius 2 is 2.08 bits per heavy atom. The van der Waals surface area contributed by atoms with E-state index in [1.807, 2.05) is 13.1 Å². The molecule has 1 aromatic rings. The molecule has 2 atom stereocenters. The maximum absolute atomic E-state index is 12.9. The molecule has 0 saturated carbocycles. The molecule has 210 valence electrons. The smallest absolute Gasteiger partial charge is 0.315 e. The monoisotopic (exact) mass is 583 g/mol. The molecule has 4 amide bonds. The van der Waals surface area contributed by atoms with Gasteiger partial charge in [-0.3, -0.25) is 14.5 Å². The molecule has 0 bridgehead atoms. The number of oxime groups is 1. The third kappa shape index (κ3) is 5.96. The summed E-state index contributed by atoms with van der Waals surface area (Å²) in [7, 11) is 2.03. The number of allylic oxidation sites excluding steroid dienone is 1. The van der Waals surface area contributed by atoms with E-state index in [0.29, 0.717) is 42.8 Å². The molecule has 1 aromatic heterocycles. The number of nitrogens with two attached hydrogens (primary N) is 2. The van der Waals surface area contributed by atoms with E-state index in [9.17, 15) is 28.7 Å². The first-order valence-electron chi connectivity index (χ1n) is 11.6. The van der Waals surface area contributed by atoms with Gasteiger partial charge >= 0.3 is 6.03 Å². The molecule has 4 rings (SSSR count). The lowest BCUT2D eigenvalue weighted by Crippen LogP contribution is -2.71. The lowest BCUT2D eigenvalue weighted by atomic mass is 10.0. The maximum Gasteiger partial charge on any atom is 0.315 e. The number of nitrogens with zero attached hydrogens (tertiary/aromatic N) is 6. The van der Waals surface area contributed by atoms with Gasteiger partial charge in [-0.1, -0.05) is 11.2 Å². The van der Waals surface area contributed by atoms with Gasteiger partial charge in [-0.2, -0.15) is 9.36 Å². The molecule has 4 heterocycles. The maximum atomic E-state index is 12.9. The number of rotatable bonds is 9. The Labute approximate surface area is 230 Å². The van der Waals surface area contributed by atoms with Crippen molar-refractivity contribution in [3.63, 3.8) is 0 Å². The molecule has 2 fully saturated rings. The van der Waals surface area contributed by atoms with Gasteiger partial charge in [0.2, 0.25) is 11.5 Å². The number of carbonyl (C=O) groups excluding carboxylic acids is 4. The number of nitrogen functional groups attached to an aromatic ring is 1. The number of halogens is 1. The van der Waals surface area contributed by atoms with Crippen LogP contribution < -0.4 is 21.9 Å². The lowest BCUT2D eigenvalue weighted by molar-refractivity contribution is -0.907. The van der Waals surface area contributed by atoms with E-state index in [1.54, 1.807) is 11.0 Å². The Balaban J connectivity index is 1.44. The molecule has 39 heavy (non-hydrogen) atoms. The molecule has 0 aromatic carbocycles. The van der Waals surface area contributed by atoms with E-state index < -0.39 is 47.8 Å². The van der Waals surface area contributed by atoms with Crippen LogP contribution in [0.1, 0.15) is 5.82 Å². The quantitative estimate of drug-likeness (QED) is 0.121. The number of alkyl halides is 1. The van der Waals surface area contributed by atoms with Crippen molar-refractivity contribution in [1.29, 1.82) is 0 Å². The van der Waals surface area contributed by atoms with Crippen molar-refractivity contribution in [1.82, 2.24) is 24.5 Å². The van der Waals surface area contributed by atoms with Crippen LogP contribution in [0.4, 0.5) is 14.3 Å². The van der Waals surface area contributed by atoms with Crippen LogP contribution in [0, 0.1) is 0 Å². The van der Waals surface area contributed by atoms with Gasteiger partial charge < -0.3 is 40.9 Å². The predicted octanol–water partition coefficient (Wildman–Crippen LogP) is -2.43. The SMILES string of the molecule is C[N+]1(C/C=C/C2=C(C(=O)[O-])N3C(=O)[C@@H](NC(=O)/C(=N\OCF)c4nsc(N)n4)[C@@H]3SC2)CCN(C(N)=O)CC1. The summed E-state index contributed by atoms with van der Waals surface area (Å²) in [6, 6.07) is -1.54. The number of β-lactam (4-membered cyclic amide) rings is 1. The normalized spacial score (nSPS) is 22.9. The molecule has 2 saturated heterocycles. The Morgan fingerprint density at radius 3 is 2.67 bits per heavy atom. The van der Waals surface area contributed by atoms with Crippen molar-refractivity contribution in [2.24, 2.45) is 10.9 Å². The summed E-state index contributed by atoms with van der Waals surface area (Å²) in [5.41, 5.74) is 10.5. The second-order valence-electron chi connectivity index (χ2n) is 9.13. The third-order valence-corrected chi connectivity index (χ3v) is 8.39. The number of primary amides is 1. The number of amides is 4. The molecule has 0 aliphatic carbocycles. The van der Waals surface area contributed by atoms with E-state index in [4.69, 9.17) is 11.5 Å². The highest BCUT2D eigenvalue weighted by atomic mass is 32.2. The number of carbonyl (C=O) groups is 4. The molecule has 15 nitrogen and oxygen atoms in total. The Kier molecular flexibility index (Phi) is 8.36. The molecular weight excluding hydrogens is 557 g/mol. The summed E-state index contributed by atoms with van der Waals surface area (Å²) < 4.78 is 17.0. The highest BCUT2D eigenvalue weighted by Crippen LogP contribution is 2.40. The number of aliphatic carboxylic acids is 1. The standard InChI is InChI=1S/C21H26FN9O6S2/c1-31(7-4-29(5-8-31)21(24)36)6-2-3-11-9-38-18-13(17(33)30(18)14(11)19(34)35)25-16(32)12(27-37-10-22)15-26-20(23)39-28-15/h2-3,13,18H,4-10H2,1H3,(H5-,23,24,25,26,28,32,34,35,36)/b3-2+,27-12-/t13-,18+/m1/s1. The van der Waals surface area contributed by atoms with Gasteiger partial charge in [-0.25, -0.2) is 9.18 Å². The van der Waals surface area contributed by atoms with Gasteiger partial charge in [-0.15, -0.1) is 11.8 Å². The molecule has 0 radical (unpaired) electrons. The number of likely N-dealkylation sites (N-methyl/N-ethyl adjacent to an activating group) is 1. The summed E-state index contributed by atoms with van der Waals surface area (Å²) in [5.74, 6) is -3.06. The zero-order chi connectivity index (χ0) is 28.3. The highest BCUT2D eigenvalue weighted by molar-refractivity contribution is 8.00. The number of fused-ring (bicyclic) bond motifs is 1. The lowest BCUT2D eigenvalue weighted by Gasteiger charge is -2.50. The largest absolute Gasteiger partial charge is 0.543 e. The van der Waals surface area contributed by atoms with E-state index in [-0.39, 0.29) is 22.4 Å². The van der Waals surface area contributed by atoms with Crippen LogP contribution in [0.25, 0.3) is 0 Å². The second kappa shape index (κ2) is 11.5. The van der Waals surface area contributed by atoms with Gasteiger partial charge in [0.15, 0.2) is 5.13 Å². The van der Waals surface area contributed by atoms with E-state index in [0.717, 1.165) is 16.4 Å². The summed E-state index contributed by atoms with van der Waals surface area (Å²) in [5, 5.41) is 17.2. The van der Waals surface area contributed by atoms with Crippen LogP contribution in [0.15, 0.2) is 28.6 Å². The minimum Gasteiger partial charge on any atom is -0.543 e. The number of quaternary nitrogens is 1. The number of urea groups is 1. The van der Waals surface area contributed by atoms with Crippen LogP contribution in [0.3, 0.4) is 0 Å². The first kappa shape index (κ1) is 28.2. The first-order valence-corrected chi connectivity index (χ1v) is 13.5. The fourth-order valence-electron chi connectivity index (χ4n) is 4.37. The number of hydrogen-bond donors (Lipinski definition) is 3. The average Bonchev–Trinajstić information content (AvgIpc) is 3.32. The molecule has 0 spiro atoms. The number of hydrogen-bond acceptors (Lipinski definition) is 12. The van der Waals surface area contributed by atoms with Crippen molar-refractivity contribution in [2.45, 2.75) is 11.4 Å². The van der Waals surface area contributed by atoms with Gasteiger partial charge in [-0.05, 0) is 11.6 Å². The fourth-order valence-corrected chi connectivity index (χ4v) is 6.13. The number of carboxylic acids is 1. The topological polar surface area (TPSA) is 209 Å². The van der Waals surface area contributed by atoms with Gasteiger partial charge in [0, 0.05) is 17.3 Å². The van der Waals surface area contributed by atoms with Gasteiger partial charge in [0.05, 0.1) is 51.4 Å². The summed E-state index contributed by atoms with van der Waals surface area (Å²) in [6.45, 7) is 1.69. The fraction of sp³-hybridized carbons (Fsp3) is 0.476. The number of piperazine rings is 1. The van der Waals surface area contributed by atoms with E-state index in [1.165, 1.54) is 11.8 Å². The molecule has 3 aliphatic rings. The number of nitrogens with one attached hydrogen (secondary N) is 1. The van der Waals surface area contributed by atoms with Crippen LogP contribution in [-0.2, 0) is 19.2 Å². The zero-order valence-corrected chi connectivity index (χ0v) is 22.4. The summed E-state index contributed by atoms with van der Waals surface area (Å²) in [6.07, 6.45) is 3.50. The second-order valence-corrected chi connectivity index (χ2v) is 11.0. The van der Waals surface area contributed by atoms with E-state index in [2.05, 4.69) is 24.7 Å². The number of anilines is 1. The van der Waals surface area contributed by atoms with Crippen LogP contribution >= 0.6 is 23.3 Å². The number of aromatic nitrogens is 2. The van der Waals surface area contributed by atoms with Crippen molar-refractivity contribution >= 4 is 58.0 Å². The molecule has 18 heteroatoms. The van der Waals surface area contributed by atoms with Gasteiger partial charge in [0.25, 0.3) is 18.7 Å². The van der Waals surface area contributed by atoms with Crippen LogP contribution in [0.5, 0.6) is 0 Å². The minimum atomic E-state index is -1.52. The first-order chi connectivity index (χ1) is 18.5. The van der Waals surface area contributed by atoms with Crippen molar-refractivity contribution in [3.8, 4) is 0 Å². The van der Waals surface area contributed by atoms with E-state index >= 15 is 0 Å². The van der Waals surface area contributed by atoms with Crippen molar-refractivity contribution in [3.05, 3.63) is 29.2 Å². The molecule has 5 N–H and O–H groups in total. The average molecular weight is 584 g/mol. The Bertz CT molecular complexity index is 1260. The van der Waals surface area contributed by atoms with Crippen LogP contribution in [0.2, 0.25) is 0 Å². The number of carboxylic acid groups (broad SMARTS) is 1. The highest BCUT2D eigenvalue weighted by Gasteiger charge is 2.53. The Morgan fingerprint density at radius 1 is 1.36 bits per heavy atom. The minimum absolute atomic E-state index is 0.0349. The number of thioether (sulfide) groups is 1. The van der Waals surface area contributed by atoms with Crippen LogP contribution in [-0.4, -0.2) is 117 Å².